The highest BCUT2D eigenvalue weighted by Gasteiger charge is 2.19. The van der Waals surface area contributed by atoms with Crippen LogP contribution < -0.4 is 5.32 Å². The summed E-state index contributed by atoms with van der Waals surface area (Å²) < 4.78 is 0. The van der Waals surface area contributed by atoms with Gasteiger partial charge in [0.15, 0.2) is 0 Å². The number of benzene rings is 2. The minimum atomic E-state index is 0.610. The van der Waals surface area contributed by atoms with Gasteiger partial charge >= 0.3 is 0 Å². The molecule has 104 valence electrons. The van der Waals surface area contributed by atoms with Crippen LogP contribution in [0, 0.1) is 6.92 Å². The van der Waals surface area contributed by atoms with Crippen LogP contribution in [0.15, 0.2) is 42.5 Å². The van der Waals surface area contributed by atoms with E-state index in [-0.39, 0.29) is 0 Å². The highest BCUT2D eigenvalue weighted by Crippen LogP contribution is 2.32. The van der Waals surface area contributed by atoms with Crippen molar-refractivity contribution < 1.29 is 0 Å². The van der Waals surface area contributed by atoms with Crippen molar-refractivity contribution in [2.45, 2.75) is 32.1 Å². The first-order valence-electron chi connectivity index (χ1n) is 7.32. The van der Waals surface area contributed by atoms with Crippen LogP contribution in [0.5, 0.6) is 0 Å². The van der Waals surface area contributed by atoms with Gasteiger partial charge in [-0.2, -0.15) is 0 Å². The van der Waals surface area contributed by atoms with Gasteiger partial charge in [0.1, 0.15) is 0 Å². The Labute approximate surface area is 126 Å². The molecule has 0 saturated carbocycles. The predicted octanol–water partition coefficient (Wildman–Crippen LogP) is 5.18. The molecule has 0 aromatic heterocycles. The third-order valence-corrected chi connectivity index (χ3v) is 4.47. The molecule has 1 N–H and O–H groups in total. The third-order valence-electron chi connectivity index (χ3n) is 4.23. The van der Waals surface area contributed by atoms with Gasteiger partial charge in [-0.05, 0) is 55.0 Å². The Bertz CT molecular complexity index is 606. The number of fused-ring (bicyclic) bond motifs is 1. The Hall–Kier alpha value is -1.47. The molecular formula is C18H20ClN. The second-order valence-corrected chi connectivity index (χ2v) is 6.06. The van der Waals surface area contributed by atoms with Gasteiger partial charge in [0.05, 0.1) is 0 Å². The molecule has 1 nitrogen and oxygen atoms in total. The van der Waals surface area contributed by atoms with Gasteiger partial charge in [0, 0.05) is 23.2 Å². The lowest BCUT2D eigenvalue weighted by Crippen LogP contribution is -2.18. The Kier molecular flexibility index (Phi) is 3.98. The standard InChI is InChI=1S/C18H20ClN/c1-13-9-10-16(19)11-18(13)20-12-15-7-4-6-14-5-2-3-8-17(14)15/h2-3,5,8-11,15,20H,4,6-7,12H2,1H3. The van der Waals surface area contributed by atoms with Gasteiger partial charge in [-0.15, -0.1) is 0 Å². The summed E-state index contributed by atoms with van der Waals surface area (Å²) in [6.45, 7) is 3.10. The molecule has 2 aromatic carbocycles. The summed E-state index contributed by atoms with van der Waals surface area (Å²) in [6.07, 6.45) is 3.78. The molecule has 0 radical (unpaired) electrons. The van der Waals surface area contributed by atoms with Gasteiger partial charge in [-0.1, -0.05) is 41.9 Å². The van der Waals surface area contributed by atoms with Crippen LogP contribution in [0.25, 0.3) is 0 Å². The van der Waals surface area contributed by atoms with E-state index in [1.807, 2.05) is 12.1 Å². The highest BCUT2D eigenvalue weighted by atomic mass is 35.5. The average molecular weight is 286 g/mol. The topological polar surface area (TPSA) is 12.0 Å². The Morgan fingerprint density at radius 2 is 2.05 bits per heavy atom. The number of nitrogens with one attached hydrogen (secondary N) is 1. The molecule has 0 fully saturated rings. The van der Waals surface area contributed by atoms with Crippen LogP contribution in [0.1, 0.15) is 35.4 Å². The third kappa shape index (κ3) is 2.83. The van der Waals surface area contributed by atoms with E-state index in [4.69, 9.17) is 11.6 Å². The molecule has 1 atom stereocenters. The summed E-state index contributed by atoms with van der Waals surface area (Å²) in [5, 5.41) is 4.37. The van der Waals surface area contributed by atoms with Crippen LogP contribution >= 0.6 is 11.6 Å². The highest BCUT2D eigenvalue weighted by molar-refractivity contribution is 6.30. The van der Waals surface area contributed by atoms with Crippen LogP contribution in [0.2, 0.25) is 5.02 Å². The molecule has 0 bridgehead atoms. The second-order valence-electron chi connectivity index (χ2n) is 5.63. The van der Waals surface area contributed by atoms with E-state index in [2.05, 4.69) is 42.6 Å². The van der Waals surface area contributed by atoms with Crippen molar-refractivity contribution in [3.05, 3.63) is 64.2 Å². The maximum Gasteiger partial charge on any atom is 0.0426 e. The van der Waals surface area contributed by atoms with E-state index in [0.717, 1.165) is 17.3 Å². The fourth-order valence-corrected chi connectivity index (χ4v) is 3.26. The van der Waals surface area contributed by atoms with E-state index in [1.54, 1.807) is 0 Å². The van der Waals surface area contributed by atoms with E-state index in [9.17, 15) is 0 Å². The van der Waals surface area contributed by atoms with E-state index < -0.39 is 0 Å². The first kappa shape index (κ1) is 13.5. The van der Waals surface area contributed by atoms with Gasteiger partial charge in [0.25, 0.3) is 0 Å². The van der Waals surface area contributed by atoms with Crippen LogP contribution in [0.3, 0.4) is 0 Å². The monoisotopic (exact) mass is 285 g/mol. The zero-order chi connectivity index (χ0) is 13.9. The van der Waals surface area contributed by atoms with Crippen molar-refractivity contribution in [1.29, 1.82) is 0 Å². The van der Waals surface area contributed by atoms with Gasteiger partial charge in [-0.3, -0.25) is 0 Å². The largest absolute Gasteiger partial charge is 0.384 e. The lowest BCUT2D eigenvalue weighted by molar-refractivity contribution is 0.571. The molecular weight excluding hydrogens is 266 g/mol. The smallest absolute Gasteiger partial charge is 0.0426 e. The fraction of sp³-hybridized carbons (Fsp3) is 0.333. The number of halogens is 1. The molecule has 0 saturated heterocycles. The van der Waals surface area contributed by atoms with Crippen molar-refractivity contribution in [3.63, 3.8) is 0 Å². The Morgan fingerprint density at radius 1 is 1.20 bits per heavy atom. The zero-order valence-corrected chi connectivity index (χ0v) is 12.6. The van der Waals surface area contributed by atoms with Crippen LogP contribution in [-0.2, 0) is 6.42 Å². The van der Waals surface area contributed by atoms with Crippen LogP contribution in [-0.4, -0.2) is 6.54 Å². The minimum Gasteiger partial charge on any atom is -0.384 e. The lowest BCUT2D eigenvalue weighted by Gasteiger charge is -2.26. The molecule has 20 heavy (non-hydrogen) atoms. The minimum absolute atomic E-state index is 0.610. The van der Waals surface area contributed by atoms with Gasteiger partial charge in [0.2, 0.25) is 0 Å². The first-order valence-corrected chi connectivity index (χ1v) is 7.69. The predicted molar refractivity (Wildman–Crippen MR) is 86.8 cm³/mol. The fourth-order valence-electron chi connectivity index (χ4n) is 3.08. The summed E-state index contributed by atoms with van der Waals surface area (Å²) in [7, 11) is 0. The van der Waals surface area contributed by atoms with Crippen molar-refractivity contribution in [1.82, 2.24) is 0 Å². The van der Waals surface area contributed by atoms with Crippen molar-refractivity contribution >= 4 is 17.3 Å². The van der Waals surface area contributed by atoms with E-state index in [1.165, 1.54) is 36.0 Å². The summed E-state index contributed by atoms with van der Waals surface area (Å²) in [5.74, 6) is 0.610. The molecule has 0 aliphatic heterocycles. The average Bonchev–Trinajstić information content (AvgIpc) is 2.48. The maximum absolute atomic E-state index is 6.08. The quantitative estimate of drug-likeness (QED) is 0.819. The lowest BCUT2D eigenvalue weighted by atomic mass is 9.83. The van der Waals surface area contributed by atoms with E-state index >= 15 is 0 Å². The first-order chi connectivity index (χ1) is 9.74. The number of aryl methyl sites for hydroxylation is 2. The molecule has 1 unspecified atom stereocenters. The number of anilines is 1. The van der Waals surface area contributed by atoms with E-state index in [0.29, 0.717) is 5.92 Å². The molecule has 0 spiro atoms. The number of hydrogen-bond donors (Lipinski definition) is 1. The second kappa shape index (κ2) is 5.88. The van der Waals surface area contributed by atoms with Crippen molar-refractivity contribution in [2.24, 2.45) is 0 Å². The summed E-state index contributed by atoms with van der Waals surface area (Å²) in [4.78, 5) is 0. The molecule has 3 rings (SSSR count). The SMILES string of the molecule is Cc1ccc(Cl)cc1NCC1CCCc2ccccc21. The molecule has 1 aliphatic rings. The normalized spacial score (nSPS) is 17.6. The van der Waals surface area contributed by atoms with Crippen molar-refractivity contribution in [3.8, 4) is 0 Å². The van der Waals surface area contributed by atoms with Gasteiger partial charge < -0.3 is 5.32 Å². The molecule has 0 heterocycles. The summed E-state index contributed by atoms with van der Waals surface area (Å²) >= 11 is 6.08. The molecule has 1 aliphatic carbocycles. The summed E-state index contributed by atoms with van der Waals surface area (Å²) in [5.41, 5.74) is 5.44. The summed E-state index contributed by atoms with van der Waals surface area (Å²) in [6, 6.07) is 14.9. The van der Waals surface area contributed by atoms with Crippen molar-refractivity contribution in [2.75, 3.05) is 11.9 Å². The molecule has 2 heteroatoms. The molecule has 2 aromatic rings. The number of hydrogen-bond acceptors (Lipinski definition) is 1. The number of rotatable bonds is 3. The Balaban J connectivity index is 1.75. The molecule has 0 amide bonds. The zero-order valence-electron chi connectivity index (χ0n) is 11.8. The van der Waals surface area contributed by atoms with Crippen LogP contribution in [0.4, 0.5) is 5.69 Å². The Morgan fingerprint density at radius 3 is 2.95 bits per heavy atom. The van der Waals surface area contributed by atoms with Gasteiger partial charge in [-0.25, -0.2) is 0 Å². The maximum atomic E-state index is 6.08.